The minimum Gasteiger partial charge on any atom is -0.485 e. The van der Waals surface area contributed by atoms with Crippen molar-refractivity contribution in [2.24, 2.45) is 7.05 Å². The van der Waals surface area contributed by atoms with E-state index in [1.165, 1.54) is 0 Å². The summed E-state index contributed by atoms with van der Waals surface area (Å²) in [7, 11) is 1.75. The van der Waals surface area contributed by atoms with Gasteiger partial charge in [-0.1, -0.05) is 28.1 Å². The molecule has 0 saturated heterocycles. The Morgan fingerprint density at radius 1 is 0.700 bits per heavy atom. The Hall–Kier alpha value is -5.29. The number of pyridine rings is 3. The lowest BCUT2D eigenvalue weighted by Gasteiger charge is -2.22. The van der Waals surface area contributed by atoms with Crippen LogP contribution in [-0.4, -0.2) is 26.3 Å². The Morgan fingerprint density at radius 3 is 1.76 bits per heavy atom. The molecule has 7 rings (SSSR count). The number of rotatable bonds is 7. The summed E-state index contributed by atoms with van der Waals surface area (Å²) < 4.78 is 14.5. The van der Waals surface area contributed by atoms with Gasteiger partial charge in [-0.2, -0.15) is 0 Å². The van der Waals surface area contributed by atoms with E-state index in [0.29, 0.717) is 49.5 Å². The van der Waals surface area contributed by atoms with Gasteiger partial charge in [0.1, 0.15) is 24.7 Å². The summed E-state index contributed by atoms with van der Waals surface area (Å²) in [4.78, 5) is 44.3. The molecule has 2 amide bonds. The van der Waals surface area contributed by atoms with Crippen molar-refractivity contribution in [2.75, 3.05) is 10.6 Å². The van der Waals surface area contributed by atoms with E-state index in [2.05, 4.69) is 42.6 Å². The van der Waals surface area contributed by atoms with E-state index < -0.39 is 0 Å². The van der Waals surface area contributed by atoms with Crippen LogP contribution in [-0.2, 0) is 42.7 Å². The van der Waals surface area contributed by atoms with Gasteiger partial charge in [-0.3, -0.25) is 24.4 Å². The minimum atomic E-state index is -0.0131. The lowest BCUT2D eigenvalue weighted by molar-refractivity contribution is -0.117. The maximum absolute atomic E-state index is 12.1. The molecule has 0 radical (unpaired) electrons. The monoisotopic (exact) mass is 735 g/mol. The molecule has 2 aliphatic heterocycles. The number of nitrogens with one attached hydrogen (secondary N) is 2. The van der Waals surface area contributed by atoms with Crippen LogP contribution in [0.5, 0.6) is 11.5 Å². The van der Waals surface area contributed by atoms with Crippen molar-refractivity contribution in [3.63, 3.8) is 0 Å². The van der Waals surface area contributed by atoms with E-state index in [1.54, 1.807) is 17.8 Å². The molecule has 0 saturated carbocycles. The van der Waals surface area contributed by atoms with Crippen molar-refractivity contribution in [1.82, 2.24) is 14.5 Å². The number of carbonyl (C=O) groups excluding carboxylic acids is 2. The van der Waals surface area contributed by atoms with Crippen LogP contribution in [0.25, 0.3) is 11.1 Å². The predicted octanol–water partition coefficient (Wildman–Crippen LogP) is 7.14. The van der Waals surface area contributed by atoms with Crippen LogP contribution < -0.4 is 25.7 Å². The average Bonchev–Trinajstić information content (AvgIpc) is 3.10. The first kappa shape index (κ1) is 34.6. The number of anilines is 2. The highest BCUT2D eigenvalue weighted by atomic mass is 79.9. The largest absolute Gasteiger partial charge is 0.485 e. The highest BCUT2D eigenvalue weighted by Gasteiger charge is 2.22. The normalized spacial score (nSPS) is 13.2. The number of aryl methyl sites for hydroxylation is 6. The number of amides is 2. The van der Waals surface area contributed by atoms with Gasteiger partial charge in [-0.05, 0) is 109 Å². The van der Waals surface area contributed by atoms with Crippen LogP contribution in [0.1, 0.15) is 52.0 Å². The number of nitrogens with zero attached hydrogens (tertiary/aromatic N) is 3. The fourth-order valence-electron chi connectivity index (χ4n) is 5.79. The van der Waals surface area contributed by atoms with E-state index in [4.69, 9.17) is 9.47 Å². The minimum absolute atomic E-state index is 0.0125. The average molecular weight is 737 g/mol. The number of halogens is 1. The predicted molar refractivity (Wildman–Crippen MR) is 197 cm³/mol. The third-order valence-electron chi connectivity index (χ3n) is 8.50. The molecule has 3 aromatic heterocycles. The van der Waals surface area contributed by atoms with Gasteiger partial charge < -0.3 is 24.7 Å². The zero-order valence-electron chi connectivity index (χ0n) is 28.4. The van der Waals surface area contributed by atoms with E-state index in [9.17, 15) is 14.4 Å². The van der Waals surface area contributed by atoms with Crippen molar-refractivity contribution in [1.29, 1.82) is 0 Å². The van der Waals surface area contributed by atoms with Gasteiger partial charge >= 0.3 is 0 Å². The van der Waals surface area contributed by atoms with Crippen molar-refractivity contribution in [3.8, 4) is 22.6 Å². The number of hydrogen-bond donors (Lipinski definition) is 2. The second-order valence-corrected chi connectivity index (χ2v) is 13.5. The van der Waals surface area contributed by atoms with E-state index >= 15 is 0 Å². The number of ether oxygens (including phenoxy) is 2. The van der Waals surface area contributed by atoms with Crippen LogP contribution in [0.4, 0.5) is 11.4 Å². The highest BCUT2D eigenvalue weighted by Crippen LogP contribution is 2.38. The molecule has 5 aromatic rings. The molecular formula is C39H38BrN5O5. The Balaban J connectivity index is 0.000000182. The Kier molecular flexibility index (Phi) is 10.4. The number of hydrogen-bond acceptors (Lipinski definition) is 7. The number of carbonyl (C=O) groups is 2. The maximum Gasteiger partial charge on any atom is 0.253 e. The van der Waals surface area contributed by atoms with Crippen molar-refractivity contribution < 1.29 is 19.1 Å². The summed E-state index contributed by atoms with van der Waals surface area (Å²) in [5.41, 5.74) is 10.1. The number of benzene rings is 2. The fraction of sp³-hybridized carbons (Fsp3) is 0.256. The van der Waals surface area contributed by atoms with E-state index in [1.807, 2.05) is 81.7 Å². The van der Waals surface area contributed by atoms with Crippen molar-refractivity contribution in [2.45, 2.75) is 59.7 Å². The lowest BCUT2D eigenvalue weighted by Crippen LogP contribution is -2.20. The van der Waals surface area contributed by atoms with Gasteiger partial charge in [0.2, 0.25) is 11.8 Å². The Labute approximate surface area is 299 Å². The van der Waals surface area contributed by atoms with Crippen LogP contribution in [0.15, 0.2) is 82.5 Å². The molecule has 0 spiro atoms. The first-order valence-corrected chi connectivity index (χ1v) is 17.2. The molecule has 2 aromatic carbocycles. The third kappa shape index (κ3) is 8.28. The molecular weight excluding hydrogens is 698 g/mol. The molecule has 11 heteroatoms. The summed E-state index contributed by atoms with van der Waals surface area (Å²) in [5.74, 6) is 1.30. The fourth-order valence-corrected chi connectivity index (χ4v) is 6.27. The molecule has 0 atom stereocenters. The number of fused-ring (bicyclic) bond motifs is 2. The highest BCUT2D eigenvalue weighted by molar-refractivity contribution is 9.10. The molecule has 0 unspecified atom stereocenters. The Bertz CT molecular complexity index is 2100. The first-order chi connectivity index (χ1) is 24.0. The summed E-state index contributed by atoms with van der Waals surface area (Å²) in [6, 6.07) is 17.6. The molecule has 2 N–H and O–H groups in total. The number of aromatic nitrogens is 3. The summed E-state index contributed by atoms with van der Waals surface area (Å²) in [5, 5.41) is 5.84. The molecule has 50 heavy (non-hydrogen) atoms. The van der Waals surface area contributed by atoms with E-state index in [-0.39, 0.29) is 17.4 Å². The lowest BCUT2D eigenvalue weighted by atomic mass is 9.96. The van der Waals surface area contributed by atoms with Crippen molar-refractivity contribution in [3.05, 3.63) is 127 Å². The molecule has 0 aliphatic carbocycles. The second-order valence-electron chi connectivity index (χ2n) is 12.6. The van der Waals surface area contributed by atoms with E-state index in [0.717, 1.165) is 67.0 Å². The summed E-state index contributed by atoms with van der Waals surface area (Å²) in [6.07, 6.45) is 7.79. The van der Waals surface area contributed by atoms with Crippen LogP contribution >= 0.6 is 15.9 Å². The maximum atomic E-state index is 12.1. The summed E-state index contributed by atoms with van der Waals surface area (Å²) in [6.45, 7) is 6.47. The summed E-state index contributed by atoms with van der Waals surface area (Å²) >= 11 is 3.48. The molecule has 5 heterocycles. The quantitative estimate of drug-likeness (QED) is 0.182. The van der Waals surface area contributed by atoms with Gasteiger partial charge in [0.25, 0.3) is 5.56 Å². The van der Waals surface area contributed by atoms with Crippen LogP contribution in [0, 0.1) is 20.8 Å². The topological polar surface area (TPSA) is 124 Å². The standard InChI is InChI=1S/C23H23N3O3.C16H15BrN2O2/c1-14-4-6-19(24-11-14)13-29-20-10-17(9-16-5-7-21(27)25-22(16)20)18-8-15(2)23(28)26(3)12-18;1-10-2-4-13(18-8-10)9-21-14-7-12(17)6-11-3-5-15(20)19-16(11)14/h4,6,8-12H,5,7,13H2,1-3H3,(H,25,27);2,4,6-8H,3,5,9H2,1H3,(H,19,20). The van der Waals surface area contributed by atoms with Gasteiger partial charge in [0.05, 0.1) is 22.8 Å². The van der Waals surface area contributed by atoms with Gasteiger partial charge in [-0.25, -0.2) is 0 Å². The molecule has 0 bridgehead atoms. The van der Waals surface area contributed by atoms with Gasteiger partial charge in [0, 0.05) is 48.5 Å². The zero-order valence-corrected chi connectivity index (χ0v) is 30.0. The van der Waals surface area contributed by atoms with Crippen LogP contribution in [0.3, 0.4) is 0 Å². The van der Waals surface area contributed by atoms with Gasteiger partial charge in [-0.15, -0.1) is 0 Å². The smallest absolute Gasteiger partial charge is 0.253 e. The SMILES string of the molecule is Cc1ccc(COc2cc(-c3cc(C)c(=O)n(C)c3)cc3c2NC(=O)CC3)nc1.Cc1ccc(COc2cc(Br)cc3c2NC(=O)CC3)nc1. The molecule has 256 valence electrons. The Morgan fingerprint density at radius 2 is 1.24 bits per heavy atom. The third-order valence-corrected chi connectivity index (χ3v) is 8.95. The first-order valence-electron chi connectivity index (χ1n) is 16.4. The molecule has 2 aliphatic rings. The second kappa shape index (κ2) is 15.1. The molecule has 0 fully saturated rings. The molecule has 10 nitrogen and oxygen atoms in total. The van der Waals surface area contributed by atoms with Crippen LogP contribution in [0.2, 0.25) is 0 Å². The van der Waals surface area contributed by atoms with Gasteiger partial charge in [0.15, 0.2) is 0 Å². The zero-order chi connectivity index (χ0) is 35.4. The van der Waals surface area contributed by atoms with Crippen molar-refractivity contribution >= 4 is 39.1 Å².